The molecule has 0 radical (unpaired) electrons. The number of benzene rings is 2. The van der Waals surface area contributed by atoms with Gasteiger partial charge >= 0.3 is 0 Å². The van der Waals surface area contributed by atoms with E-state index < -0.39 is 11.2 Å². The fourth-order valence-electron chi connectivity index (χ4n) is 3.71. The Labute approximate surface area is 129 Å². The van der Waals surface area contributed by atoms with E-state index in [4.69, 9.17) is 4.74 Å². The van der Waals surface area contributed by atoms with E-state index in [1.807, 2.05) is 36.4 Å². The van der Waals surface area contributed by atoms with Gasteiger partial charge in [0, 0.05) is 16.7 Å². The van der Waals surface area contributed by atoms with Crippen molar-refractivity contribution >= 4 is 5.78 Å². The highest BCUT2D eigenvalue weighted by atomic mass is 16.5. The van der Waals surface area contributed by atoms with Gasteiger partial charge < -0.3 is 9.84 Å². The van der Waals surface area contributed by atoms with Crippen LogP contribution in [0.4, 0.5) is 0 Å². The SMILES string of the molecule is CC(C)c1ccc2c(c1)OC1(C)c3ccccc3C(=O)C21O. The van der Waals surface area contributed by atoms with Gasteiger partial charge in [-0.2, -0.15) is 0 Å². The summed E-state index contributed by atoms with van der Waals surface area (Å²) in [6.45, 7) is 6.01. The van der Waals surface area contributed by atoms with Gasteiger partial charge in [0.25, 0.3) is 0 Å². The van der Waals surface area contributed by atoms with E-state index in [0.717, 1.165) is 11.1 Å². The molecule has 22 heavy (non-hydrogen) atoms. The summed E-state index contributed by atoms with van der Waals surface area (Å²) in [4.78, 5) is 12.9. The third-order valence-corrected chi connectivity index (χ3v) is 5.08. The zero-order valence-electron chi connectivity index (χ0n) is 12.9. The highest BCUT2D eigenvalue weighted by molar-refractivity contribution is 6.09. The van der Waals surface area contributed by atoms with Crippen LogP contribution >= 0.6 is 0 Å². The summed E-state index contributed by atoms with van der Waals surface area (Å²) in [5, 5.41) is 11.3. The van der Waals surface area contributed by atoms with Gasteiger partial charge in [-0.05, 0) is 24.5 Å². The molecule has 1 N–H and O–H groups in total. The van der Waals surface area contributed by atoms with E-state index >= 15 is 0 Å². The summed E-state index contributed by atoms with van der Waals surface area (Å²) in [6, 6.07) is 13.0. The highest BCUT2D eigenvalue weighted by Crippen LogP contribution is 2.59. The van der Waals surface area contributed by atoms with Crippen molar-refractivity contribution in [3.8, 4) is 5.75 Å². The number of aliphatic hydroxyl groups is 1. The fourth-order valence-corrected chi connectivity index (χ4v) is 3.71. The Kier molecular flexibility index (Phi) is 2.45. The van der Waals surface area contributed by atoms with Crippen LogP contribution in [-0.4, -0.2) is 10.9 Å². The number of carbonyl (C=O) groups is 1. The van der Waals surface area contributed by atoms with Crippen molar-refractivity contribution in [3.63, 3.8) is 0 Å². The molecule has 3 nitrogen and oxygen atoms in total. The van der Waals surface area contributed by atoms with Gasteiger partial charge in [0.15, 0.2) is 11.2 Å². The fraction of sp³-hybridized carbons (Fsp3) is 0.316. The molecule has 2 aromatic carbocycles. The van der Waals surface area contributed by atoms with Gasteiger partial charge in [-0.1, -0.05) is 50.2 Å². The normalized spacial score (nSPS) is 28.3. The van der Waals surface area contributed by atoms with Crippen molar-refractivity contribution < 1.29 is 14.6 Å². The lowest BCUT2D eigenvalue weighted by molar-refractivity contribution is -0.0729. The lowest BCUT2D eigenvalue weighted by Gasteiger charge is -2.30. The monoisotopic (exact) mass is 294 g/mol. The van der Waals surface area contributed by atoms with Crippen molar-refractivity contribution in [2.24, 2.45) is 0 Å². The Balaban J connectivity index is 1.97. The smallest absolute Gasteiger partial charge is 0.204 e. The quantitative estimate of drug-likeness (QED) is 0.875. The molecule has 0 saturated heterocycles. The van der Waals surface area contributed by atoms with Crippen molar-refractivity contribution in [2.45, 2.75) is 37.9 Å². The van der Waals surface area contributed by atoms with E-state index in [1.165, 1.54) is 0 Å². The Bertz CT molecular complexity index is 808. The number of ketones is 1. The van der Waals surface area contributed by atoms with E-state index in [9.17, 15) is 9.90 Å². The molecule has 2 unspecified atom stereocenters. The lowest BCUT2D eigenvalue weighted by Crippen LogP contribution is -2.46. The van der Waals surface area contributed by atoms with Gasteiger partial charge in [0.1, 0.15) is 5.75 Å². The molecule has 0 spiro atoms. The van der Waals surface area contributed by atoms with Crippen LogP contribution in [0, 0.1) is 0 Å². The van der Waals surface area contributed by atoms with E-state index in [2.05, 4.69) is 13.8 Å². The van der Waals surface area contributed by atoms with Gasteiger partial charge in [0.2, 0.25) is 5.78 Å². The molecule has 4 rings (SSSR count). The minimum absolute atomic E-state index is 0.276. The predicted molar refractivity (Wildman–Crippen MR) is 83.2 cm³/mol. The van der Waals surface area contributed by atoms with E-state index in [1.54, 1.807) is 13.0 Å². The molecule has 112 valence electrons. The van der Waals surface area contributed by atoms with Crippen LogP contribution in [0.1, 0.15) is 53.7 Å². The second-order valence-electron chi connectivity index (χ2n) is 6.63. The number of carbonyl (C=O) groups excluding carboxylic acids is 1. The molecule has 2 aliphatic rings. The van der Waals surface area contributed by atoms with Crippen LogP contribution in [0.2, 0.25) is 0 Å². The summed E-state index contributed by atoms with van der Waals surface area (Å²) >= 11 is 0. The van der Waals surface area contributed by atoms with Gasteiger partial charge in [-0.3, -0.25) is 4.79 Å². The number of hydrogen-bond donors (Lipinski definition) is 1. The molecule has 1 aliphatic heterocycles. The molecule has 2 atom stereocenters. The van der Waals surface area contributed by atoms with Crippen molar-refractivity contribution in [3.05, 3.63) is 64.7 Å². The summed E-state index contributed by atoms with van der Waals surface area (Å²) < 4.78 is 6.14. The van der Waals surface area contributed by atoms with Gasteiger partial charge in [0.05, 0.1) is 0 Å². The third-order valence-electron chi connectivity index (χ3n) is 5.08. The average molecular weight is 294 g/mol. The minimum Gasteiger partial charge on any atom is -0.478 e. The summed E-state index contributed by atoms with van der Waals surface area (Å²) in [5.41, 5.74) is 0.309. The van der Waals surface area contributed by atoms with E-state index in [0.29, 0.717) is 22.8 Å². The zero-order chi connectivity index (χ0) is 15.7. The Morgan fingerprint density at radius 1 is 1.09 bits per heavy atom. The van der Waals surface area contributed by atoms with Crippen molar-refractivity contribution in [1.82, 2.24) is 0 Å². The Morgan fingerprint density at radius 3 is 2.55 bits per heavy atom. The Hall–Kier alpha value is -2.13. The van der Waals surface area contributed by atoms with Crippen LogP contribution in [0.5, 0.6) is 5.75 Å². The number of ether oxygens (including phenoxy) is 1. The summed E-state index contributed by atoms with van der Waals surface area (Å²) in [6.07, 6.45) is 0. The number of rotatable bonds is 1. The number of fused-ring (bicyclic) bond motifs is 5. The second-order valence-corrected chi connectivity index (χ2v) is 6.63. The largest absolute Gasteiger partial charge is 0.478 e. The van der Waals surface area contributed by atoms with Crippen LogP contribution < -0.4 is 4.74 Å². The molecule has 0 aromatic heterocycles. The average Bonchev–Trinajstić information content (AvgIpc) is 2.84. The first kappa shape index (κ1) is 13.5. The first-order valence-electron chi connectivity index (χ1n) is 7.59. The second kappa shape index (κ2) is 3.99. The standard InChI is InChI=1S/C19H18O3/c1-11(2)12-8-9-15-16(10-12)22-18(3)14-7-5-4-6-13(14)17(20)19(15,18)21/h4-11,21H,1-3H3. The summed E-state index contributed by atoms with van der Waals surface area (Å²) in [7, 11) is 0. The molecular weight excluding hydrogens is 276 g/mol. The maximum atomic E-state index is 12.9. The molecule has 0 fully saturated rings. The molecular formula is C19H18O3. The summed E-state index contributed by atoms with van der Waals surface area (Å²) in [5.74, 6) is 0.695. The third kappa shape index (κ3) is 1.33. The molecule has 0 saturated carbocycles. The molecule has 0 amide bonds. The first-order chi connectivity index (χ1) is 10.4. The minimum atomic E-state index is -1.64. The van der Waals surface area contributed by atoms with E-state index in [-0.39, 0.29) is 5.78 Å². The molecule has 1 heterocycles. The van der Waals surface area contributed by atoms with Crippen LogP contribution in [0.15, 0.2) is 42.5 Å². The van der Waals surface area contributed by atoms with Gasteiger partial charge in [-0.15, -0.1) is 0 Å². The number of Topliss-reactive ketones (excluding diaryl/α,β-unsaturated/α-hetero) is 1. The van der Waals surface area contributed by atoms with Gasteiger partial charge in [-0.25, -0.2) is 0 Å². The topological polar surface area (TPSA) is 46.5 Å². The van der Waals surface area contributed by atoms with Crippen LogP contribution in [0.3, 0.4) is 0 Å². The zero-order valence-corrected chi connectivity index (χ0v) is 12.9. The number of hydrogen-bond acceptors (Lipinski definition) is 3. The molecule has 3 heteroatoms. The molecule has 0 bridgehead atoms. The maximum absolute atomic E-state index is 12.9. The van der Waals surface area contributed by atoms with Crippen LogP contribution in [-0.2, 0) is 11.2 Å². The van der Waals surface area contributed by atoms with Crippen molar-refractivity contribution in [1.29, 1.82) is 0 Å². The Morgan fingerprint density at radius 2 is 1.82 bits per heavy atom. The van der Waals surface area contributed by atoms with Crippen LogP contribution in [0.25, 0.3) is 0 Å². The highest BCUT2D eigenvalue weighted by Gasteiger charge is 2.67. The molecule has 2 aromatic rings. The van der Waals surface area contributed by atoms with Crippen molar-refractivity contribution in [2.75, 3.05) is 0 Å². The maximum Gasteiger partial charge on any atom is 0.204 e. The molecule has 1 aliphatic carbocycles. The first-order valence-corrected chi connectivity index (χ1v) is 7.59. The lowest BCUT2D eigenvalue weighted by atomic mass is 9.80. The predicted octanol–water partition coefficient (Wildman–Crippen LogP) is 3.50.